The Labute approximate surface area is 239 Å². The number of alkyl halides is 6. The molecule has 20 heteroatoms. The third-order valence-electron chi connectivity index (χ3n) is 5.15. The van der Waals surface area contributed by atoms with Gasteiger partial charge in [-0.05, 0) is 39.0 Å². The molecule has 3 atom stereocenters. The standard InChI is InChI=1S/C22H27F6N5O6P2S/c1-12(2)38-14-5-4-6-15(7-14)42-18-16-17(31-19(29)32-18)33(11-30-16)8-13(3)39-20(40(34,35)9-21(23,24)25)41(36,37)10-22(26,27)28/h4-7,11-13,20H,8-10H2,1-3H3,(H,34,35)(H,36,37)(H2,29,31,32). The molecule has 1 aromatic carbocycles. The predicted molar refractivity (Wildman–Crippen MR) is 142 cm³/mol. The third kappa shape index (κ3) is 9.58. The van der Waals surface area contributed by atoms with Crippen LogP contribution in [0.4, 0.5) is 32.3 Å². The summed E-state index contributed by atoms with van der Waals surface area (Å²) in [5.74, 6) is 0.403. The number of nitrogen functional groups attached to an aromatic ring is 1. The number of hydrogen-bond acceptors (Lipinski definition) is 9. The van der Waals surface area contributed by atoms with Crippen LogP contribution < -0.4 is 10.5 Å². The molecule has 0 aliphatic rings. The van der Waals surface area contributed by atoms with Crippen molar-refractivity contribution in [2.75, 3.05) is 18.1 Å². The predicted octanol–water partition coefficient (Wildman–Crippen LogP) is 5.70. The minimum atomic E-state index is -5.84. The number of nitrogens with zero attached hydrogens (tertiary/aromatic N) is 4. The Bertz CT molecular complexity index is 1470. The minimum absolute atomic E-state index is 0.0763. The van der Waals surface area contributed by atoms with Crippen LogP contribution in [0.3, 0.4) is 0 Å². The van der Waals surface area contributed by atoms with E-state index in [-0.39, 0.29) is 23.2 Å². The summed E-state index contributed by atoms with van der Waals surface area (Å²) in [6.45, 7) is 4.43. The van der Waals surface area contributed by atoms with Gasteiger partial charge in [-0.2, -0.15) is 31.3 Å². The summed E-state index contributed by atoms with van der Waals surface area (Å²) in [6.07, 6.45) is -16.1. The lowest BCUT2D eigenvalue weighted by atomic mass is 10.3. The summed E-state index contributed by atoms with van der Waals surface area (Å²) < 4.78 is 115. The number of aromatic nitrogens is 4. The quantitative estimate of drug-likeness (QED) is 0.124. The van der Waals surface area contributed by atoms with Crippen molar-refractivity contribution in [2.24, 2.45) is 0 Å². The first kappa shape index (κ1) is 34.1. The molecule has 3 aromatic rings. The van der Waals surface area contributed by atoms with E-state index in [0.29, 0.717) is 15.7 Å². The highest BCUT2D eigenvalue weighted by Gasteiger charge is 2.55. The fourth-order valence-electron chi connectivity index (χ4n) is 3.80. The second-order valence-electron chi connectivity index (χ2n) is 9.53. The molecule has 0 radical (unpaired) electrons. The average molecular weight is 665 g/mol. The zero-order valence-corrected chi connectivity index (χ0v) is 24.8. The first-order chi connectivity index (χ1) is 19.1. The molecule has 0 saturated carbocycles. The SMILES string of the molecule is CC(C)Oc1cccc(Sc2nc(N)nc3c2ncn3CC(C)OC(P(=O)(O)CC(F)(F)F)P(=O)(O)CC(F)(F)F)c1. The van der Waals surface area contributed by atoms with Crippen LogP contribution in [-0.2, 0) is 20.4 Å². The van der Waals surface area contributed by atoms with Crippen molar-refractivity contribution < 1.29 is 54.7 Å². The van der Waals surface area contributed by atoms with E-state index in [2.05, 4.69) is 15.0 Å². The van der Waals surface area contributed by atoms with E-state index in [1.54, 1.807) is 24.3 Å². The van der Waals surface area contributed by atoms with Crippen molar-refractivity contribution in [2.45, 2.75) is 67.4 Å². The first-order valence-electron chi connectivity index (χ1n) is 12.0. The number of halogens is 6. The molecule has 0 aliphatic heterocycles. The second kappa shape index (κ2) is 12.7. The number of fused-ring (bicyclic) bond motifs is 1. The minimum Gasteiger partial charge on any atom is -0.491 e. The lowest BCUT2D eigenvalue weighted by Gasteiger charge is -2.30. The number of benzene rings is 1. The molecular weight excluding hydrogens is 638 g/mol. The average Bonchev–Trinajstić information content (AvgIpc) is 3.16. The molecule has 0 aliphatic carbocycles. The Hall–Kier alpha value is -2.36. The van der Waals surface area contributed by atoms with Crippen molar-refractivity contribution in [1.82, 2.24) is 19.5 Å². The lowest BCUT2D eigenvalue weighted by molar-refractivity contribution is -0.109. The number of nitrogens with two attached hydrogens (primary N) is 1. The van der Waals surface area contributed by atoms with Crippen molar-refractivity contribution in [3.63, 3.8) is 0 Å². The van der Waals surface area contributed by atoms with Crippen LogP contribution in [0.5, 0.6) is 5.75 Å². The molecule has 11 nitrogen and oxygen atoms in total. The smallest absolute Gasteiger partial charge is 0.398 e. The van der Waals surface area contributed by atoms with Gasteiger partial charge < -0.3 is 29.6 Å². The molecule has 2 aromatic heterocycles. The largest absolute Gasteiger partial charge is 0.491 e. The highest BCUT2D eigenvalue weighted by atomic mass is 32.2. The molecule has 234 valence electrons. The van der Waals surface area contributed by atoms with Crippen LogP contribution in [0.2, 0.25) is 0 Å². The van der Waals surface area contributed by atoms with Gasteiger partial charge in [-0.15, -0.1) is 0 Å². The van der Waals surface area contributed by atoms with E-state index in [1.807, 2.05) is 13.8 Å². The van der Waals surface area contributed by atoms with E-state index < -0.39 is 57.6 Å². The first-order valence-corrected chi connectivity index (χ1v) is 16.6. The summed E-state index contributed by atoms with van der Waals surface area (Å²) in [6, 6.07) is 7.05. The maximum absolute atomic E-state index is 12.9. The van der Waals surface area contributed by atoms with Gasteiger partial charge in [-0.1, -0.05) is 17.8 Å². The zero-order valence-electron chi connectivity index (χ0n) is 22.2. The number of anilines is 1. The lowest BCUT2D eigenvalue weighted by Crippen LogP contribution is -2.30. The van der Waals surface area contributed by atoms with E-state index in [0.717, 1.165) is 18.7 Å². The van der Waals surface area contributed by atoms with Crippen LogP contribution in [0.25, 0.3) is 11.2 Å². The molecule has 0 bridgehead atoms. The van der Waals surface area contributed by atoms with Crippen LogP contribution in [0.15, 0.2) is 40.5 Å². The fraction of sp³-hybridized carbons (Fsp3) is 0.500. The topological polar surface area (TPSA) is 163 Å². The summed E-state index contributed by atoms with van der Waals surface area (Å²) in [4.78, 5) is 33.2. The van der Waals surface area contributed by atoms with Crippen molar-refractivity contribution in [1.29, 1.82) is 0 Å². The Morgan fingerprint density at radius 3 is 2.17 bits per heavy atom. The molecule has 4 N–H and O–H groups in total. The van der Waals surface area contributed by atoms with Crippen LogP contribution in [0.1, 0.15) is 20.8 Å². The number of hydrogen-bond donors (Lipinski definition) is 3. The molecule has 3 unspecified atom stereocenters. The zero-order chi connectivity index (χ0) is 31.7. The Balaban J connectivity index is 1.90. The Morgan fingerprint density at radius 1 is 1.02 bits per heavy atom. The molecule has 3 rings (SSSR count). The highest BCUT2D eigenvalue weighted by Crippen LogP contribution is 2.67. The van der Waals surface area contributed by atoms with E-state index in [4.69, 9.17) is 15.2 Å². The molecule has 2 heterocycles. The maximum atomic E-state index is 12.9. The number of ether oxygens (including phenoxy) is 2. The van der Waals surface area contributed by atoms with Gasteiger partial charge in [-0.3, -0.25) is 9.13 Å². The van der Waals surface area contributed by atoms with E-state index in [9.17, 15) is 45.3 Å². The van der Waals surface area contributed by atoms with E-state index in [1.165, 1.54) is 10.9 Å². The molecule has 0 amide bonds. The third-order valence-corrected chi connectivity index (χ3v) is 11.5. The molecule has 0 saturated heterocycles. The number of imidazole rings is 1. The normalized spacial score (nSPS) is 17.1. The fourth-order valence-corrected chi connectivity index (χ4v) is 9.61. The summed E-state index contributed by atoms with van der Waals surface area (Å²) in [5, 5.41) is 0.305. The maximum Gasteiger partial charge on any atom is 0.398 e. The van der Waals surface area contributed by atoms with Gasteiger partial charge >= 0.3 is 12.4 Å². The Kier molecular flexibility index (Phi) is 10.3. The molecule has 0 spiro atoms. The van der Waals surface area contributed by atoms with Crippen molar-refractivity contribution in [3.05, 3.63) is 30.6 Å². The van der Waals surface area contributed by atoms with Crippen LogP contribution >= 0.6 is 26.5 Å². The molecule has 0 fully saturated rings. The number of rotatable bonds is 12. The van der Waals surface area contributed by atoms with Crippen LogP contribution in [0, 0.1) is 0 Å². The van der Waals surface area contributed by atoms with Gasteiger partial charge in [0.25, 0.3) is 0 Å². The van der Waals surface area contributed by atoms with Gasteiger partial charge in [0.05, 0.1) is 25.1 Å². The summed E-state index contributed by atoms with van der Waals surface area (Å²) >= 11 is 1.16. The van der Waals surface area contributed by atoms with Crippen LogP contribution in [-0.4, -0.2) is 71.8 Å². The van der Waals surface area contributed by atoms with Gasteiger partial charge in [-0.25, -0.2) is 9.97 Å². The van der Waals surface area contributed by atoms with Gasteiger partial charge in [0, 0.05) is 4.90 Å². The Morgan fingerprint density at radius 2 is 1.62 bits per heavy atom. The van der Waals surface area contributed by atoms with Gasteiger partial charge in [0.2, 0.25) is 26.3 Å². The second-order valence-corrected chi connectivity index (χ2v) is 15.6. The van der Waals surface area contributed by atoms with Crippen molar-refractivity contribution >= 4 is 43.6 Å². The van der Waals surface area contributed by atoms with E-state index >= 15 is 0 Å². The summed E-state index contributed by atoms with van der Waals surface area (Å²) in [7, 11) is -11.7. The van der Waals surface area contributed by atoms with Gasteiger partial charge in [0.1, 0.15) is 28.6 Å². The monoisotopic (exact) mass is 665 g/mol. The molecule has 42 heavy (non-hydrogen) atoms. The molecular formula is C22H27F6N5O6P2S. The summed E-state index contributed by atoms with van der Waals surface area (Å²) in [5.41, 5.74) is 3.02. The van der Waals surface area contributed by atoms with Crippen molar-refractivity contribution in [3.8, 4) is 5.75 Å². The van der Waals surface area contributed by atoms with Gasteiger partial charge in [0.15, 0.2) is 5.65 Å². The highest BCUT2D eigenvalue weighted by molar-refractivity contribution is 7.99.